The van der Waals surface area contributed by atoms with Gasteiger partial charge in [0.05, 0.1) is 6.54 Å². The van der Waals surface area contributed by atoms with E-state index in [1.165, 1.54) is 23.9 Å². The quantitative estimate of drug-likeness (QED) is 0.635. The molecule has 0 radical (unpaired) electrons. The lowest BCUT2D eigenvalue weighted by Crippen LogP contribution is -2.30. The van der Waals surface area contributed by atoms with Crippen LogP contribution in [0.4, 0.5) is 4.39 Å². The predicted octanol–water partition coefficient (Wildman–Crippen LogP) is 2.97. The fraction of sp³-hybridized carbons (Fsp3) is 0.263. The predicted molar refractivity (Wildman–Crippen MR) is 99.5 cm³/mol. The van der Waals surface area contributed by atoms with Crippen LogP contribution in [0, 0.1) is 5.82 Å². The molecule has 6 nitrogen and oxygen atoms in total. The van der Waals surface area contributed by atoms with E-state index in [0.717, 1.165) is 18.4 Å². The van der Waals surface area contributed by atoms with Gasteiger partial charge in [-0.3, -0.25) is 4.79 Å². The smallest absolute Gasteiger partial charge is 0.238 e. The molecule has 3 aromatic rings. The van der Waals surface area contributed by atoms with Gasteiger partial charge in [0.2, 0.25) is 11.1 Å². The molecule has 1 fully saturated rings. The maximum atomic E-state index is 13.3. The summed E-state index contributed by atoms with van der Waals surface area (Å²) < 4.78 is 15.0. The zero-order valence-electron chi connectivity index (χ0n) is 14.5. The number of benzene rings is 2. The Hall–Kier alpha value is -2.74. The molecule has 27 heavy (non-hydrogen) atoms. The number of hydrogen-bond acceptors (Lipinski definition) is 5. The third-order valence-corrected chi connectivity index (χ3v) is 5.46. The Morgan fingerprint density at radius 3 is 2.63 bits per heavy atom. The van der Waals surface area contributed by atoms with Crippen molar-refractivity contribution in [3.63, 3.8) is 0 Å². The average molecular weight is 383 g/mol. The van der Waals surface area contributed by atoms with E-state index in [2.05, 4.69) is 20.8 Å². The number of carbonyl (C=O) groups is 1. The molecule has 1 atom stereocenters. The third-order valence-electron chi connectivity index (χ3n) is 4.23. The summed E-state index contributed by atoms with van der Waals surface area (Å²) in [6.45, 7) is 0.510. The van der Waals surface area contributed by atoms with Crippen LogP contribution in [0.3, 0.4) is 0 Å². The zero-order chi connectivity index (χ0) is 18.6. The van der Waals surface area contributed by atoms with E-state index in [1.807, 2.05) is 30.3 Å². The number of tetrazole rings is 1. The summed E-state index contributed by atoms with van der Waals surface area (Å²) in [5, 5.41) is 14.9. The number of aromatic nitrogens is 4. The second-order valence-corrected chi connectivity index (χ2v) is 7.51. The lowest BCUT2D eigenvalue weighted by Gasteiger charge is -2.16. The topological polar surface area (TPSA) is 72.7 Å². The number of nitrogens with zero attached hydrogens (tertiary/aromatic N) is 4. The van der Waals surface area contributed by atoms with E-state index in [9.17, 15) is 9.18 Å². The van der Waals surface area contributed by atoms with Crippen LogP contribution in [0.2, 0.25) is 0 Å². The van der Waals surface area contributed by atoms with Crippen molar-refractivity contribution in [2.75, 3.05) is 0 Å². The number of hydrogen-bond donors (Lipinski definition) is 1. The Labute approximate surface area is 160 Å². The van der Waals surface area contributed by atoms with E-state index >= 15 is 0 Å². The van der Waals surface area contributed by atoms with Crippen LogP contribution in [0.25, 0.3) is 0 Å². The van der Waals surface area contributed by atoms with Gasteiger partial charge in [-0.1, -0.05) is 54.2 Å². The van der Waals surface area contributed by atoms with Crippen molar-refractivity contribution in [3.8, 4) is 0 Å². The van der Waals surface area contributed by atoms with Gasteiger partial charge >= 0.3 is 0 Å². The molecule has 8 heteroatoms. The van der Waals surface area contributed by atoms with Gasteiger partial charge in [0.1, 0.15) is 11.1 Å². The molecule has 1 heterocycles. The van der Waals surface area contributed by atoms with Gasteiger partial charge in [0.25, 0.3) is 0 Å². The Morgan fingerprint density at radius 1 is 1.19 bits per heavy atom. The molecular weight excluding hydrogens is 365 g/mol. The van der Waals surface area contributed by atoms with Crippen molar-refractivity contribution in [2.24, 2.45) is 0 Å². The normalized spacial score (nSPS) is 14.7. The van der Waals surface area contributed by atoms with Gasteiger partial charge in [-0.2, -0.15) is 0 Å². The Kier molecular flexibility index (Phi) is 5.15. The molecule has 4 rings (SSSR count). The Balaban J connectivity index is 1.57. The standard InChI is InChI=1S/C19H18FN5OS/c20-15-8-6-14(7-9-15)17(18(26)21-16-10-11-16)27-19-22-23-24-25(19)12-13-4-2-1-3-5-13/h1-9,16-17H,10-12H2,(H,21,26). The Morgan fingerprint density at radius 2 is 1.93 bits per heavy atom. The molecule has 1 aromatic heterocycles. The first-order valence-corrected chi connectivity index (χ1v) is 9.59. The van der Waals surface area contributed by atoms with Crippen LogP contribution in [0.15, 0.2) is 59.8 Å². The van der Waals surface area contributed by atoms with Crippen molar-refractivity contribution >= 4 is 17.7 Å². The minimum absolute atomic E-state index is 0.108. The fourth-order valence-electron chi connectivity index (χ4n) is 2.66. The van der Waals surface area contributed by atoms with E-state index in [1.54, 1.807) is 16.8 Å². The van der Waals surface area contributed by atoms with Gasteiger partial charge in [-0.15, -0.1) is 5.10 Å². The third kappa shape index (κ3) is 4.51. The van der Waals surface area contributed by atoms with Crippen molar-refractivity contribution < 1.29 is 9.18 Å². The summed E-state index contributed by atoms with van der Waals surface area (Å²) in [6.07, 6.45) is 2.00. The van der Waals surface area contributed by atoms with E-state index < -0.39 is 5.25 Å². The lowest BCUT2D eigenvalue weighted by molar-refractivity contribution is -0.120. The summed E-state index contributed by atoms with van der Waals surface area (Å²) in [7, 11) is 0. The highest BCUT2D eigenvalue weighted by molar-refractivity contribution is 8.00. The van der Waals surface area contributed by atoms with Crippen LogP contribution in [0.5, 0.6) is 0 Å². The maximum absolute atomic E-state index is 13.3. The minimum atomic E-state index is -0.549. The van der Waals surface area contributed by atoms with Gasteiger partial charge in [0.15, 0.2) is 0 Å². The summed E-state index contributed by atoms with van der Waals surface area (Å²) >= 11 is 1.27. The van der Waals surface area contributed by atoms with Crippen molar-refractivity contribution in [1.82, 2.24) is 25.5 Å². The molecular formula is C19H18FN5OS. The second-order valence-electron chi connectivity index (χ2n) is 6.44. The van der Waals surface area contributed by atoms with Crippen LogP contribution < -0.4 is 5.32 Å². The summed E-state index contributed by atoms with van der Waals surface area (Å²) in [6, 6.07) is 16.1. The van der Waals surface area contributed by atoms with Gasteiger partial charge in [-0.25, -0.2) is 9.07 Å². The fourth-order valence-corrected chi connectivity index (χ4v) is 3.64. The van der Waals surface area contributed by atoms with Crippen LogP contribution in [-0.2, 0) is 11.3 Å². The van der Waals surface area contributed by atoms with Crippen molar-refractivity contribution in [3.05, 3.63) is 71.5 Å². The molecule has 1 aliphatic carbocycles. The molecule has 2 aromatic carbocycles. The van der Waals surface area contributed by atoms with E-state index in [4.69, 9.17) is 0 Å². The highest BCUT2D eigenvalue weighted by atomic mass is 32.2. The summed E-state index contributed by atoms with van der Waals surface area (Å²) in [4.78, 5) is 12.8. The van der Waals surface area contributed by atoms with Crippen molar-refractivity contribution in [1.29, 1.82) is 0 Å². The SMILES string of the molecule is O=C(NC1CC1)C(Sc1nnnn1Cc1ccccc1)c1ccc(F)cc1. The minimum Gasteiger partial charge on any atom is -0.352 e. The lowest BCUT2D eigenvalue weighted by atomic mass is 10.1. The first kappa shape index (κ1) is 17.7. The molecule has 0 aliphatic heterocycles. The first-order valence-electron chi connectivity index (χ1n) is 8.71. The number of rotatable bonds is 7. The number of halogens is 1. The van der Waals surface area contributed by atoms with Gasteiger partial charge in [-0.05, 0) is 46.5 Å². The average Bonchev–Trinajstić information content (AvgIpc) is 3.39. The number of carbonyl (C=O) groups excluding carboxylic acids is 1. The monoisotopic (exact) mass is 383 g/mol. The molecule has 0 saturated heterocycles. The van der Waals surface area contributed by atoms with Gasteiger partial charge in [0, 0.05) is 6.04 Å². The highest BCUT2D eigenvalue weighted by Gasteiger charge is 2.30. The highest BCUT2D eigenvalue weighted by Crippen LogP contribution is 2.35. The second kappa shape index (κ2) is 7.87. The van der Waals surface area contributed by atoms with Crippen molar-refractivity contribution in [2.45, 2.75) is 35.8 Å². The number of thioether (sulfide) groups is 1. The maximum Gasteiger partial charge on any atom is 0.238 e. The number of nitrogens with one attached hydrogen (secondary N) is 1. The molecule has 1 amide bonds. The number of amides is 1. The first-order chi connectivity index (χ1) is 13.2. The molecule has 1 unspecified atom stereocenters. The van der Waals surface area contributed by atoms with Crippen LogP contribution in [-0.4, -0.2) is 32.2 Å². The van der Waals surface area contributed by atoms with E-state index in [0.29, 0.717) is 17.3 Å². The molecule has 0 spiro atoms. The molecule has 1 N–H and O–H groups in total. The molecule has 1 aliphatic rings. The molecule has 138 valence electrons. The summed E-state index contributed by atoms with van der Waals surface area (Å²) in [5.74, 6) is -0.442. The Bertz CT molecular complexity index is 911. The summed E-state index contributed by atoms with van der Waals surface area (Å²) in [5.41, 5.74) is 1.78. The van der Waals surface area contributed by atoms with E-state index in [-0.39, 0.29) is 17.8 Å². The largest absolute Gasteiger partial charge is 0.352 e. The van der Waals surface area contributed by atoms with Crippen LogP contribution >= 0.6 is 11.8 Å². The molecule has 0 bridgehead atoms. The van der Waals surface area contributed by atoms with Crippen LogP contribution in [0.1, 0.15) is 29.2 Å². The zero-order valence-corrected chi connectivity index (χ0v) is 15.3. The van der Waals surface area contributed by atoms with Gasteiger partial charge < -0.3 is 5.32 Å². The molecule has 1 saturated carbocycles.